The molecule has 0 saturated carbocycles. The zero-order valence-electron chi connectivity index (χ0n) is 8.66. The predicted octanol–water partition coefficient (Wildman–Crippen LogP) is 2.15. The number of rotatable bonds is 1. The van der Waals surface area contributed by atoms with Crippen LogP contribution < -0.4 is 0 Å². The molecular weight excluding hydrogens is 258 g/mol. The summed E-state index contributed by atoms with van der Waals surface area (Å²) in [6, 6.07) is 1.99. The summed E-state index contributed by atoms with van der Waals surface area (Å²) >= 11 is 3.35. The van der Waals surface area contributed by atoms with Crippen molar-refractivity contribution >= 4 is 15.9 Å². The van der Waals surface area contributed by atoms with Gasteiger partial charge in [0.2, 0.25) is 0 Å². The van der Waals surface area contributed by atoms with E-state index in [1.165, 1.54) is 0 Å². The number of aliphatic hydroxyl groups is 1. The molecule has 1 aromatic rings. The summed E-state index contributed by atoms with van der Waals surface area (Å²) in [4.78, 5) is 4.21. The van der Waals surface area contributed by atoms with Crippen LogP contribution in [0.15, 0.2) is 16.9 Å². The number of hydrogen-bond donors (Lipinski definition) is 1. The van der Waals surface area contributed by atoms with Crippen molar-refractivity contribution < 1.29 is 9.84 Å². The molecule has 2 rings (SSSR count). The number of ether oxygens (including phenoxy) is 1. The van der Waals surface area contributed by atoms with E-state index in [-0.39, 0.29) is 0 Å². The molecule has 1 N–H and O–H groups in total. The van der Waals surface area contributed by atoms with E-state index in [1.54, 1.807) is 6.20 Å². The summed E-state index contributed by atoms with van der Waals surface area (Å²) in [6.07, 6.45) is 3.04. The summed E-state index contributed by atoms with van der Waals surface area (Å²) in [7, 11) is 0. The molecular formula is C11H14BrNO2. The number of halogens is 1. The average molecular weight is 272 g/mol. The third-order valence-electron chi connectivity index (χ3n) is 2.87. The SMILES string of the molecule is Cc1cc(C2(O)CCOCC2)cnc1Br. The second-order valence-electron chi connectivity index (χ2n) is 3.98. The van der Waals surface area contributed by atoms with E-state index in [4.69, 9.17) is 4.74 Å². The summed E-state index contributed by atoms with van der Waals surface area (Å²) in [5, 5.41) is 10.4. The largest absolute Gasteiger partial charge is 0.385 e. The zero-order valence-corrected chi connectivity index (χ0v) is 10.2. The lowest BCUT2D eigenvalue weighted by atomic mass is 9.87. The number of aromatic nitrogens is 1. The van der Waals surface area contributed by atoms with Gasteiger partial charge in [0.15, 0.2) is 0 Å². The topological polar surface area (TPSA) is 42.4 Å². The Morgan fingerprint density at radius 2 is 2.13 bits per heavy atom. The van der Waals surface area contributed by atoms with Crippen LogP contribution in [0.1, 0.15) is 24.0 Å². The average Bonchev–Trinajstić information content (AvgIpc) is 2.23. The zero-order chi connectivity index (χ0) is 10.9. The van der Waals surface area contributed by atoms with Crippen LogP contribution in [0, 0.1) is 6.92 Å². The van der Waals surface area contributed by atoms with Crippen molar-refractivity contribution in [2.24, 2.45) is 0 Å². The molecule has 0 atom stereocenters. The van der Waals surface area contributed by atoms with Crippen molar-refractivity contribution in [2.75, 3.05) is 13.2 Å². The molecule has 2 heterocycles. The van der Waals surface area contributed by atoms with Crippen LogP contribution in [0.25, 0.3) is 0 Å². The summed E-state index contributed by atoms with van der Waals surface area (Å²) in [5.41, 5.74) is 1.19. The quantitative estimate of drug-likeness (QED) is 0.796. The van der Waals surface area contributed by atoms with Gasteiger partial charge in [0.1, 0.15) is 4.60 Å². The molecule has 0 unspecified atom stereocenters. The number of nitrogens with zero attached hydrogens (tertiary/aromatic N) is 1. The summed E-state index contributed by atoms with van der Waals surface area (Å²) in [6.45, 7) is 3.21. The molecule has 0 spiro atoms. The second-order valence-corrected chi connectivity index (χ2v) is 4.73. The van der Waals surface area contributed by atoms with Crippen molar-refractivity contribution in [3.63, 3.8) is 0 Å². The van der Waals surface area contributed by atoms with Crippen LogP contribution >= 0.6 is 15.9 Å². The van der Waals surface area contributed by atoms with Gasteiger partial charge in [0.05, 0.1) is 5.60 Å². The Hall–Kier alpha value is -0.450. The lowest BCUT2D eigenvalue weighted by Crippen LogP contribution is -2.33. The smallest absolute Gasteiger partial charge is 0.108 e. The molecule has 1 aliphatic rings. The van der Waals surface area contributed by atoms with Gasteiger partial charge in [-0.1, -0.05) is 0 Å². The molecule has 0 aromatic carbocycles. The second kappa shape index (κ2) is 4.20. The molecule has 0 aliphatic carbocycles. The summed E-state index contributed by atoms with van der Waals surface area (Å²) in [5.74, 6) is 0. The van der Waals surface area contributed by atoms with Crippen molar-refractivity contribution in [3.8, 4) is 0 Å². The maximum atomic E-state index is 10.4. The van der Waals surface area contributed by atoms with Gasteiger partial charge >= 0.3 is 0 Å². The van der Waals surface area contributed by atoms with Crippen molar-refractivity contribution in [1.82, 2.24) is 4.98 Å². The molecule has 0 bridgehead atoms. The lowest BCUT2D eigenvalue weighted by molar-refractivity contribution is -0.0681. The van der Waals surface area contributed by atoms with Crippen molar-refractivity contribution in [3.05, 3.63) is 28.0 Å². The Morgan fingerprint density at radius 3 is 2.73 bits per heavy atom. The molecule has 1 fully saturated rings. The van der Waals surface area contributed by atoms with E-state index in [0.717, 1.165) is 15.7 Å². The fourth-order valence-corrected chi connectivity index (χ4v) is 2.03. The fraction of sp³-hybridized carbons (Fsp3) is 0.545. The molecule has 4 heteroatoms. The van der Waals surface area contributed by atoms with Gasteiger partial charge in [-0.25, -0.2) is 4.98 Å². The third-order valence-corrected chi connectivity index (χ3v) is 3.70. The van der Waals surface area contributed by atoms with E-state index in [1.807, 2.05) is 13.0 Å². The highest BCUT2D eigenvalue weighted by atomic mass is 79.9. The number of aryl methyl sites for hydroxylation is 1. The Balaban J connectivity index is 2.31. The molecule has 0 amide bonds. The van der Waals surface area contributed by atoms with Crippen LogP contribution in [0.5, 0.6) is 0 Å². The van der Waals surface area contributed by atoms with Crippen LogP contribution in [-0.4, -0.2) is 23.3 Å². The van der Waals surface area contributed by atoms with Crippen LogP contribution in [0.2, 0.25) is 0 Å². The van der Waals surface area contributed by atoms with Crippen LogP contribution in [0.4, 0.5) is 0 Å². The Bertz CT molecular complexity index is 362. The maximum absolute atomic E-state index is 10.4. The number of hydrogen-bond acceptors (Lipinski definition) is 3. The first kappa shape index (κ1) is 11.0. The highest BCUT2D eigenvalue weighted by Gasteiger charge is 2.32. The Labute approximate surface area is 97.6 Å². The van der Waals surface area contributed by atoms with E-state index in [9.17, 15) is 5.11 Å². The molecule has 82 valence electrons. The minimum atomic E-state index is -0.753. The predicted molar refractivity (Wildman–Crippen MR) is 60.6 cm³/mol. The first-order valence-corrected chi connectivity index (χ1v) is 5.84. The van der Waals surface area contributed by atoms with Gasteiger partial charge in [-0.3, -0.25) is 0 Å². The Morgan fingerprint density at radius 1 is 1.47 bits per heavy atom. The summed E-state index contributed by atoms with van der Waals surface area (Å²) < 4.78 is 6.09. The van der Waals surface area contributed by atoms with E-state index >= 15 is 0 Å². The standard InChI is InChI=1S/C11H14BrNO2/c1-8-6-9(7-13-10(8)12)11(14)2-4-15-5-3-11/h6-7,14H,2-5H2,1H3. The molecule has 1 aromatic heterocycles. The van der Waals surface area contributed by atoms with E-state index in [2.05, 4.69) is 20.9 Å². The van der Waals surface area contributed by atoms with Crippen molar-refractivity contribution in [1.29, 1.82) is 0 Å². The molecule has 0 radical (unpaired) electrons. The highest BCUT2D eigenvalue weighted by molar-refractivity contribution is 9.10. The highest BCUT2D eigenvalue weighted by Crippen LogP contribution is 2.32. The van der Waals surface area contributed by atoms with Crippen LogP contribution in [0.3, 0.4) is 0 Å². The molecule has 1 aliphatic heterocycles. The maximum Gasteiger partial charge on any atom is 0.108 e. The molecule has 1 saturated heterocycles. The van der Waals surface area contributed by atoms with E-state index in [0.29, 0.717) is 26.1 Å². The van der Waals surface area contributed by atoms with Gasteiger partial charge in [-0.2, -0.15) is 0 Å². The van der Waals surface area contributed by atoms with Gasteiger partial charge in [0.25, 0.3) is 0 Å². The molecule has 15 heavy (non-hydrogen) atoms. The van der Waals surface area contributed by atoms with Gasteiger partial charge in [-0.05, 0) is 34.5 Å². The first-order valence-electron chi connectivity index (χ1n) is 5.04. The minimum Gasteiger partial charge on any atom is -0.385 e. The monoisotopic (exact) mass is 271 g/mol. The number of pyridine rings is 1. The molecule has 3 nitrogen and oxygen atoms in total. The van der Waals surface area contributed by atoms with Crippen molar-refractivity contribution in [2.45, 2.75) is 25.4 Å². The minimum absolute atomic E-state index is 0.617. The normalized spacial score (nSPS) is 20.2. The van der Waals surface area contributed by atoms with Gasteiger partial charge < -0.3 is 9.84 Å². The fourth-order valence-electron chi connectivity index (χ4n) is 1.81. The Kier molecular flexibility index (Phi) is 3.09. The third kappa shape index (κ3) is 2.22. The first-order chi connectivity index (χ1) is 7.12. The van der Waals surface area contributed by atoms with Gasteiger partial charge in [-0.15, -0.1) is 0 Å². The van der Waals surface area contributed by atoms with Gasteiger partial charge in [0, 0.05) is 37.8 Å². The van der Waals surface area contributed by atoms with Crippen LogP contribution in [-0.2, 0) is 10.3 Å². The lowest BCUT2D eigenvalue weighted by Gasteiger charge is -2.32. The van der Waals surface area contributed by atoms with E-state index < -0.39 is 5.60 Å².